The molecule has 3 rings (SSSR count). The molecule has 2 aliphatic heterocycles. The molecular weight excluding hydrogens is 258 g/mol. The lowest BCUT2D eigenvalue weighted by Gasteiger charge is -2.36. The summed E-state index contributed by atoms with van der Waals surface area (Å²) in [6, 6.07) is 7.68. The van der Waals surface area contributed by atoms with Gasteiger partial charge in [-0.2, -0.15) is 0 Å². The average Bonchev–Trinajstić information content (AvgIpc) is 2.92. The first-order valence-corrected chi connectivity index (χ1v) is 6.98. The Morgan fingerprint density at radius 3 is 2.80 bits per heavy atom. The van der Waals surface area contributed by atoms with Gasteiger partial charge in [0.05, 0.1) is 12.1 Å². The standard InChI is InChI=1S/C15H19NO4/c17-10-15(5-7-19-8-6-15)16-14(18)13-9-11-3-1-2-4-12(11)20-13/h1-4,13,17H,5-10H2,(H,16,18). The third-order valence-corrected chi connectivity index (χ3v) is 4.08. The van der Waals surface area contributed by atoms with E-state index in [9.17, 15) is 9.90 Å². The molecular formula is C15H19NO4. The van der Waals surface area contributed by atoms with Crippen molar-refractivity contribution in [2.24, 2.45) is 0 Å². The summed E-state index contributed by atoms with van der Waals surface area (Å²) in [5, 5.41) is 12.6. The zero-order chi connectivity index (χ0) is 14.0. The molecule has 2 N–H and O–H groups in total. The maximum atomic E-state index is 12.4. The van der Waals surface area contributed by atoms with E-state index in [1.165, 1.54) is 0 Å². The van der Waals surface area contributed by atoms with Crippen LogP contribution in [0.15, 0.2) is 24.3 Å². The maximum Gasteiger partial charge on any atom is 0.261 e. The number of carbonyl (C=O) groups excluding carboxylic acids is 1. The van der Waals surface area contributed by atoms with Gasteiger partial charge in [-0.15, -0.1) is 0 Å². The highest BCUT2D eigenvalue weighted by atomic mass is 16.5. The molecule has 1 fully saturated rings. The third-order valence-electron chi connectivity index (χ3n) is 4.08. The lowest BCUT2D eigenvalue weighted by Crippen LogP contribution is -2.57. The highest BCUT2D eigenvalue weighted by molar-refractivity contribution is 5.83. The van der Waals surface area contributed by atoms with E-state index >= 15 is 0 Å². The SMILES string of the molecule is O=C(NC1(CO)CCOCC1)C1Cc2ccccc2O1. The number of aliphatic hydroxyl groups is 1. The molecule has 0 bridgehead atoms. The van der Waals surface area contributed by atoms with Gasteiger partial charge in [0.2, 0.25) is 0 Å². The van der Waals surface area contributed by atoms with E-state index in [2.05, 4.69) is 5.32 Å². The number of para-hydroxylation sites is 1. The first-order valence-electron chi connectivity index (χ1n) is 6.98. The summed E-state index contributed by atoms with van der Waals surface area (Å²) < 4.78 is 11.0. The van der Waals surface area contributed by atoms with Crippen LogP contribution >= 0.6 is 0 Å². The van der Waals surface area contributed by atoms with Crippen molar-refractivity contribution in [3.05, 3.63) is 29.8 Å². The zero-order valence-electron chi connectivity index (χ0n) is 11.3. The van der Waals surface area contributed by atoms with Gasteiger partial charge < -0.3 is 19.9 Å². The predicted octanol–water partition coefficient (Wildman–Crippen LogP) is 0.648. The molecule has 0 saturated carbocycles. The van der Waals surface area contributed by atoms with Crippen LogP contribution in [0.1, 0.15) is 18.4 Å². The van der Waals surface area contributed by atoms with Gasteiger partial charge in [0, 0.05) is 19.6 Å². The Kier molecular flexibility index (Phi) is 3.63. The van der Waals surface area contributed by atoms with Crippen molar-refractivity contribution in [2.75, 3.05) is 19.8 Å². The summed E-state index contributed by atoms with van der Waals surface area (Å²) >= 11 is 0. The Balaban J connectivity index is 1.66. The van der Waals surface area contributed by atoms with Gasteiger partial charge in [0.15, 0.2) is 6.10 Å². The molecule has 108 valence electrons. The molecule has 1 aromatic carbocycles. The summed E-state index contributed by atoms with van der Waals surface area (Å²) in [6.45, 7) is 1.06. The molecule has 1 saturated heterocycles. The second-order valence-electron chi connectivity index (χ2n) is 5.46. The van der Waals surface area contributed by atoms with Crippen LogP contribution in [0.5, 0.6) is 5.75 Å². The monoisotopic (exact) mass is 277 g/mol. The topological polar surface area (TPSA) is 67.8 Å². The lowest BCUT2D eigenvalue weighted by molar-refractivity contribution is -0.131. The largest absolute Gasteiger partial charge is 0.480 e. The van der Waals surface area contributed by atoms with Gasteiger partial charge in [0.1, 0.15) is 5.75 Å². The van der Waals surface area contributed by atoms with E-state index in [-0.39, 0.29) is 12.5 Å². The first kappa shape index (κ1) is 13.4. The molecule has 1 aromatic rings. The number of ether oxygens (including phenoxy) is 2. The number of aliphatic hydroxyl groups excluding tert-OH is 1. The van der Waals surface area contributed by atoms with E-state index < -0.39 is 11.6 Å². The van der Waals surface area contributed by atoms with Gasteiger partial charge in [-0.1, -0.05) is 18.2 Å². The molecule has 0 radical (unpaired) electrons. The van der Waals surface area contributed by atoms with Gasteiger partial charge in [0.25, 0.3) is 5.91 Å². The van der Waals surface area contributed by atoms with Gasteiger partial charge in [-0.3, -0.25) is 4.79 Å². The van der Waals surface area contributed by atoms with Crippen molar-refractivity contribution in [3.8, 4) is 5.75 Å². The summed E-state index contributed by atoms with van der Waals surface area (Å²) in [5.74, 6) is 0.620. The lowest BCUT2D eigenvalue weighted by atomic mass is 9.90. The molecule has 0 aromatic heterocycles. The van der Waals surface area contributed by atoms with Crippen LogP contribution in [-0.4, -0.2) is 42.5 Å². The molecule has 2 heterocycles. The van der Waals surface area contributed by atoms with E-state index in [4.69, 9.17) is 9.47 Å². The molecule has 1 amide bonds. The number of fused-ring (bicyclic) bond motifs is 1. The number of hydrogen-bond acceptors (Lipinski definition) is 4. The van der Waals surface area contributed by atoms with Crippen molar-refractivity contribution in [1.29, 1.82) is 0 Å². The number of carbonyl (C=O) groups is 1. The molecule has 20 heavy (non-hydrogen) atoms. The quantitative estimate of drug-likeness (QED) is 0.851. The van der Waals surface area contributed by atoms with Crippen LogP contribution in [0, 0.1) is 0 Å². The zero-order valence-corrected chi connectivity index (χ0v) is 11.3. The van der Waals surface area contributed by atoms with Gasteiger partial charge in [-0.05, 0) is 24.5 Å². The minimum atomic E-state index is -0.562. The van der Waals surface area contributed by atoms with Gasteiger partial charge in [-0.25, -0.2) is 0 Å². The minimum absolute atomic E-state index is 0.0677. The minimum Gasteiger partial charge on any atom is -0.480 e. The van der Waals surface area contributed by atoms with Crippen LogP contribution in [0.2, 0.25) is 0 Å². The van der Waals surface area contributed by atoms with Crippen molar-refractivity contribution in [2.45, 2.75) is 30.9 Å². The molecule has 1 atom stereocenters. The predicted molar refractivity (Wildman–Crippen MR) is 72.6 cm³/mol. The maximum absolute atomic E-state index is 12.4. The molecule has 1 unspecified atom stereocenters. The van der Waals surface area contributed by atoms with E-state index in [1.54, 1.807) is 0 Å². The molecule has 0 aliphatic carbocycles. The summed E-state index contributed by atoms with van der Waals surface area (Å²) in [6.07, 6.45) is 1.35. The van der Waals surface area contributed by atoms with Crippen molar-refractivity contribution >= 4 is 5.91 Å². The Morgan fingerprint density at radius 1 is 1.35 bits per heavy atom. The van der Waals surface area contributed by atoms with Crippen molar-refractivity contribution in [1.82, 2.24) is 5.32 Å². The average molecular weight is 277 g/mol. The van der Waals surface area contributed by atoms with Gasteiger partial charge >= 0.3 is 0 Å². The van der Waals surface area contributed by atoms with Crippen LogP contribution in [-0.2, 0) is 16.0 Å². The summed E-state index contributed by atoms with van der Waals surface area (Å²) in [4.78, 5) is 12.4. The smallest absolute Gasteiger partial charge is 0.261 e. The highest BCUT2D eigenvalue weighted by Crippen LogP contribution is 2.29. The number of amides is 1. The number of nitrogens with one attached hydrogen (secondary N) is 1. The summed E-state index contributed by atoms with van der Waals surface area (Å²) in [5.41, 5.74) is 0.491. The highest BCUT2D eigenvalue weighted by Gasteiger charge is 2.37. The van der Waals surface area contributed by atoms with Crippen LogP contribution < -0.4 is 10.1 Å². The number of benzene rings is 1. The molecule has 5 heteroatoms. The van der Waals surface area contributed by atoms with E-state index in [0.29, 0.717) is 32.5 Å². The second-order valence-corrected chi connectivity index (χ2v) is 5.46. The fourth-order valence-electron chi connectivity index (χ4n) is 2.75. The Hall–Kier alpha value is -1.59. The molecule has 5 nitrogen and oxygen atoms in total. The van der Waals surface area contributed by atoms with Crippen molar-refractivity contribution in [3.63, 3.8) is 0 Å². The molecule has 0 spiro atoms. The normalized spacial score (nSPS) is 23.8. The van der Waals surface area contributed by atoms with E-state index in [1.807, 2.05) is 24.3 Å². The van der Waals surface area contributed by atoms with Crippen molar-refractivity contribution < 1.29 is 19.4 Å². The number of hydrogen-bond donors (Lipinski definition) is 2. The fourth-order valence-corrected chi connectivity index (χ4v) is 2.75. The van der Waals surface area contributed by atoms with Crippen LogP contribution in [0.3, 0.4) is 0 Å². The Bertz CT molecular complexity index is 471. The number of rotatable bonds is 3. The Morgan fingerprint density at radius 2 is 2.10 bits per heavy atom. The first-order chi connectivity index (χ1) is 9.72. The second kappa shape index (κ2) is 5.42. The van der Waals surface area contributed by atoms with Crippen LogP contribution in [0.25, 0.3) is 0 Å². The molecule has 2 aliphatic rings. The summed E-state index contributed by atoms with van der Waals surface area (Å²) in [7, 11) is 0. The van der Waals surface area contributed by atoms with E-state index in [0.717, 1.165) is 11.3 Å². The Labute approximate surface area is 117 Å². The third kappa shape index (κ3) is 2.51. The van der Waals surface area contributed by atoms with Crippen LogP contribution in [0.4, 0.5) is 0 Å². The fraction of sp³-hybridized carbons (Fsp3) is 0.533.